The second kappa shape index (κ2) is 8.29. The van der Waals surface area contributed by atoms with Gasteiger partial charge in [0.25, 0.3) is 0 Å². The van der Waals surface area contributed by atoms with Crippen molar-refractivity contribution in [2.24, 2.45) is 0 Å². The SMILES string of the molecule is CCN(CC)c1ccc([C@H]2Oc3ccccc3[C@@H]3C=C(c4ccc(Cl)cc4)NN23)cc1. The summed E-state index contributed by atoms with van der Waals surface area (Å²) >= 11 is 6.09. The lowest BCUT2D eigenvalue weighted by Crippen LogP contribution is -2.43. The molecule has 2 heterocycles. The maximum atomic E-state index is 6.48. The highest BCUT2D eigenvalue weighted by atomic mass is 35.5. The van der Waals surface area contributed by atoms with Crippen molar-refractivity contribution in [2.45, 2.75) is 26.1 Å². The number of fused-ring (bicyclic) bond motifs is 3. The molecule has 3 aromatic carbocycles. The summed E-state index contributed by atoms with van der Waals surface area (Å²) in [5, 5.41) is 2.93. The molecule has 4 nitrogen and oxygen atoms in total. The Hall–Kier alpha value is -2.95. The fourth-order valence-corrected chi connectivity index (χ4v) is 4.52. The molecule has 5 rings (SSSR count). The summed E-state index contributed by atoms with van der Waals surface area (Å²) in [5.74, 6) is 0.928. The molecule has 0 amide bonds. The van der Waals surface area contributed by atoms with Crippen LogP contribution in [-0.2, 0) is 0 Å². The molecule has 31 heavy (non-hydrogen) atoms. The maximum absolute atomic E-state index is 6.48. The quantitative estimate of drug-likeness (QED) is 0.522. The Kier molecular flexibility index (Phi) is 5.34. The highest BCUT2D eigenvalue weighted by molar-refractivity contribution is 6.30. The van der Waals surface area contributed by atoms with Gasteiger partial charge in [-0.15, -0.1) is 0 Å². The first kappa shape index (κ1) is 20.0. The van der Waals surface area contributed by atoms with Crippen LogP contribution < -0.4 is 15.1 Å². The summed E-state index contributed by atoms with van der Waals surface area (Å²) in [6.45, 7) is 6.35. The van der Waals surface area contributed by atoms with E-state index in [4.69, 9.17) is 16.3 Å². The van der Waals surface area contributed by atoms with Gasteiger partial charge in [-0.2, -0.15) is 5.01 Å². The lowest BCUT2D eigenvalue weighted by Gasteiger charge is -2.39. The summed E-state index contributed by atoms with van der Waals surface area (Å²) in [7, 11) is 0. The van der Waals surface area contributed by atoms with Crippen LogP contribution in [0.3, 0.4) is 0 Å². The first-order chi connectivity index (χ1) is 15.2. The van der Waals surface area contributed by atoms with Gasteiger partial charge in [0.1, 0.15) is 5.75 Å². The zero-order valence-electron chi connectivity index (χ0n) is 17.8. The predicted molar refractivity (Wildman–Crippen MR) is 127 cm³/mol. The third-order valence-corrected chi connectivity index (χ3v) is 6.32. The summed E-state index contributed by atoms with van der Waals surface area (Å²) in [5.41, 5.74) is 9.27. The molecule has 0 spiro atoms. The number of hydrogen-bond acceptors (Lipinski definition) is 4. The molecule has 0 aromatic heterocycles. The third kappa shape index (κ3) is 3.67. The molecule has 2 aliphatic rings. The van der Waals surface area contributed by atoms with Crippen molar-refractivity contribution in [3.05, 3.63) is 101 Å². The van der Waals surface area contributed by atoms with E-state index in [2.05, 4.69) is 77.7 Å². The molecule has 0 bridgehead atoms. The molecule has 1 N–H and O–H groups in total. The van der Waals surface area contributed by atoms with E-state index in [1.807, 2.05) is 30.3 Å². The van der Waals surface area contributed by atoms with Crippen LogP contribution in [-0.4, -0.2) is 18.1 Å². The van der Waals surface area contributed by atoms with Crippen LogP contribution in [0.25, 0.3) is 5.70 Å². The van der Waals surface area contributed by atoms with Crippen molar-refractivity contribution in [3.63, 3.8) is 0 Å². The van der Waals surface area contributed by atoms with Crippen LogP contribution in [0.15, 0.2) is 78.9 Å². The average Bonchev–Trinajstić information content (AvgIpc) is 3.26. The number of hydrazine groups is 1. The van der Waals surface area contributed by atoms with Crippen LogP contribution in [0.2, 0.25) is 5.02 Å². The van der Waals surface area contributed by atoms with Crippen LogP contribution in [0, 0.1) is 0 Å². The maximum Gasteiger partial charge on any atom is 0.195 e. The fourth-order valence-electron chi connectivity index (χ4n) is 4.39. The monoisotopic (exact) mass is 431 g/mol. The van der Waals surface area contributed by atoms with E-state index >= 15 is 0 Å². The molecule has 0 unspecified atom stereocenters. The van der Waals surface area contributed by atoms with E-state index in [0.29, 0.717) is 0 Å². The molecule has 3 aromatic rings. The molecule has 0 fully saturated rings. The van der Waals surface area contributed by atoms with Gasteiger partial charge in [0.05, 0.1) is 11.7 Å². The largest absolute Gasteiger partial charge is 0.469 e. The zero-order chi connectivity index (χ0) is 21.4. The average molecular weight is 432 g/mol. The van der Waals surface area contributed by atoms with Crippen molar-refractivity contribution in [1.82, 2.24) is 10.4 Å². The lowest BCUT2D eigenvalue weighted by molar-refractivity contribution is -0.0326. The number of anilines is 1. The standard InChI is InChI=1S/C26H26ClN3O/c1-3-29(4-2)21-15-11-19(12-16-21)26-30-24(22-7-5-6-8-25(22)31-26)17-23(28-30)18-9-13-20(27)14-10-18/h5-17,24,26,28H,3-4H2,1-2H3/t24-,26+/m0/s1. The summed E-state index contributed by atoms with van der Waals surface area (Å²) in [6, 6.07) is 25.0. The van der Waals surface area contributed by atoms with E-state index in [0.717, 1.165) is 46.2 Å². The minimum Gasteiger partial charge on any atom is -0.469 e. The molecule has 0 saturated carbocycles. The molecular formula is C26H26ClN3O. The number of nitrogens with zero attached hydrogens (tertiary/aromatic N) is 2. The molecule has 158 valence electrons. The van der Waals surface area contributed by atoms with E-state index in [1.54, 1.807) is 0 Å². The van der Waals surface area contributed by atoms with Crippen molar-refractivity contribution >= 4 is 23.0 Å². The summed E-state index contributed by atoms with van der Waals surface area (Å²) in [4.78, 5) is 2.35. The first-order valence-corrected chi connectivity index (χ1v) is 11.2. The molecule has 2 atom stereocenters. The number of halogens is 1. The molecular weight excluding hydrogens is 406 g/mol. The molecule has 0 saturated heterocycles. The van der Waals surface area contributed by atoms with Crippen LogP contribution >= 0.6 is 11.6 Å². The third-order valence-electron chi connectivity index (χ3n) is 6.06. The highest BCUT2D eigenvalue weighted by Gasteiger charge is 2.40. The van der Waals surface area contributed by atoms with Gasteiger partial charge in [-0.25, -0.2) is 0 Å². The molecule has 2 aliphatic heterocycles. The van der Waals surface area contributed by atoms with Crippen LogP contribution in [0.4, 0.5) is 5.69 Å². The summed E-state index contributed by atoms with van der Waals surface area (Å²) in [6.07, 6.45) is 2.04. The van der Waals surface area contributed by atoms with E-state index in [9.17, 15) is 0 Å². The minimum atomic E-state index is -0.230. The molecule has 0 radical (unpaired) electrons. The minimum absolute atomic E-state index is 0.0862. The van der Waals surface area contributed by atoms with Gasteiger partial charge in [0.2, 0.25) is 0 Å². The predicted octanol–water partition coefficient (Wildman–Crippen LogP) is 6.18. The van der Waals surface area contributed by atoms with E-state index in [-0.39, 0.29) is 12.3 Å². The van der Waals surface area contributed by atoms with Crippen molar-refractivity contribution in [1.29, 1.82) is 0 Å². The second-order valence-corrected chi connectivity index (χ2v) is 8.26. The van der Waals surface area contributed by atoms with Crippen molar-refractivity contribution in [2.75, 3.05) is 18.0 Å². The van der Waals surface area contributed by atoms with Crippen molar-refractivity contribution < 1.29 is 4.74 Å². The van der Waals surface area contributed by atoms with Crippen molar-refractivity contribution in [3.8, 4) is 5.75 Å². The molecule has 5 heteroatoms. The molecule has 0 aliphatic carbocycles. The van der Waals surface area contributed by atoms with E-state index < -0.39 is 0 Å². The lowest BCUT2D eigenvalue weighted by atomic mass is 10.0. The number of nitrogens with one attached hydrogen (secondary N) is 1. The Morgan fingerprint density at radius 1 is 0.935 bits per heavy atom. The zero-order valence-corrected chi connectivity index (χ0v) is 18.5. The first-order valence-electron chi connectivity index (χ1n) is 10.8. The number of para-hydroxylation sites is 1. The second-order valence-electron chi connectivity index (χ2n) is 7.82. The van der Waals surface area contributed by atoms with Crippen LogP contribution in [0.5, 0.6) is 5.75 Å². The number of ether oxygens (including phenoxy) is 1. The van der Waals surface area contributed by atoms with Gasteiger partial charge < -0.3 is 15.1 Å². The Morgan fingerprint density at radius 2 is 1.65 bits per heavy atom. The topological polar surface area (TPSA) is 27.7 Å². The van der Waals surface area contributed by atoms with Gasteiger partial charge in [-0.3, -0.25) is 0 Å². The normalized spacial score (nSPS) is 19.6. The number of hydrogen-bond donors (Lipinski definition) is 1. The highest BCUT2D eigenvalue weighted by Crippen LogP contribution is 2.46. The smallest absolute Gasteiger partial charge is 0.195 e. The van der Waals surface area contributed by atoms with Crippen LogP contribution in [0.1, 0.15) is 42.8 Å². The van der Waals surface area contributed by atoms with Gasteiger partial charge in [-0.1, -0.05) is 54.1 Å². The Balaban J connectivity index is 1.50. The Labute approximate surface area is 188 Å². The van der Waals surface area contributed by atoms with E-state index in [1.165, 1.54) is 5.69 Å². The van der Waals surface area contributed by atoms with Gasteiger partial charge in [-0.05, 0) is 55.8 Å². The summed E-state index contributed by atoms with van der Waals surface area (Å²) < 4.78 is 6.48. The van der Waals surface area contributed by atoms with Gasteiger partial charge in [0.15, 0.2) is 6.23 Å². The number of rotatable bonds is 5. The van der Waals surface area contributed by atoms with Gasteiger partial charge >= 0.3 is 0 Å². The Bertz CT molecular complexity index is 1090. The van der Waals surface area contributed by atoms with Gasteiger partial charge in [0, 0.05) is 34.9 Å². The Morgan fingerprint density at radius 3 is 2.35 bits per heavy atom. The number of benzene rings is 3. The fraction of sp³-hybridized carbons (Fsp3) is 0.231.